The molecule has 1 heterocycles. The van der Waals surface area contributed by atoms with Crippen LogP contribution in [0.1, 0.15) is 30.0 Å². The Hall–Kier alpha value is -0.940. The number of nitrogens with one attached hydrogen (secondary N) is 1. The third kappa shape index (κ3) is 2.59. The van der Waals surface area contributed by atoms with Crippen LogP contribution < -0.4 is 11.1 Å². The summed E-state index contributed by atoms with van der Waals surface area (Å²) in [6.07, 6.45) is 3.05. The average Bonchev–Trinajstić information content (AvgIpc) is 2.83. The Bertz CT molecular complexity index is 377. The van der Waals surface area contributed by atoms with Gasteiger partial charge in [0.1, 0.15) is 5.01 Å². The molecule has 0 aliphatic heterocycles. The number of amides is 1. The van der Waals surface area contributed by atoms with E-state index in [0.29, 0.717) is 0 Å². The first-order valence-electron chi connectivity index (χ1n) is 5.60. The summed E-state index contributed by atoms with van der Waals surface area (Å²) < 4.78 is 0. The first kappa shape index (κ1) is 11.5. The van der Waals surface area contributed by atoms with Crippen molar-refractivity contribution in [1.82, 2.24) is 10.3 Å². The normalized spacial score (nSPS) is 24.8. The van der Waals surface area contributed by atoms with E-state index in [1.54, 1.807) is 11.3 Å². The van der Waals surface area contributed by atoms with Crippen molar-refractivity contribution < 1.29 is 4.79 Å². The van der Waals surface area contributed by atoms with Crippen LogP contribution in [-0.2, 0) is 11.3 Å². The van der Waals surface area contributed by atoms with E-state index in [9.17, 15) is 4.79 Å². The largest absolute Gasteiger partial charge is 0.369 e. The number of rotatable bonds is 4. The van der Waals surface area contributed by atoms with Crippen LogP contribution in [0.3, 0.4) is 0 Å². The Balaban J connectivity index is 1.87. The highest BCUT2D eigenvalue weighted by Gasteiger charge is 2.30. The molecule has 2 atom stereocenters. The molecule has 0 spiro atoms. The summed E-state index contributed by atoms with van der Waals surface area (Å²) in [4.78, 5) is 15.6. The molecule has 4 nitrogen and oxygen atoms in total. The Labute approximate surface area is 99.3 Å². The summed E-state index contributed by atoms with van der Waals surface area (Å²) in [6.45, 7) is 2.73. The van der Waals surface area contributed by atoms with Crippen LogP contribution in [0.2, 0.25) is 0 Å². The zero-order chi connectivity index (χ0) is 11.5. The molecule has 0 aromatic carbocycles. The summed E-state index contributed by atoms with van der Waals surface area (Å²) >= 11 is 1.65. The van der Waals surface area contributed by atoms with Crippen molar-refractivity contribution in [3.05, 3.63) is 16.1 Å². The molecular weight excluding hydrogens is 222 g/mol. The molecule has 1 amide bonds. The summed E-state index contributed by atoms with van der Waals surface area (Å²) in [5.74, 6) is -0.175. The van der Waals surface area contributed by atoms with Gasteiger partial charge >= 0.3 is 0 Å². The van der Waals surface area contributed by atoms with Gasteiger partial charge in [0.05, 0.1) is 5.92 Å². The van der Waals surface area contributed by atoms with Crippen LogP contribution in [0, 0.1) is 12.8 Å². The van der Waals surface area contributed by atoms with Gasteiger partial charge in [-0.1, -0.05) is 6.42 Å². The van der Waals surface area contributed by atoms with Crippen molar-refractivity contribution >= 4 is 17.2 Å². The highest BCUT2D eigenvalue weighted by atomic mass is 32.1. The van der Waals surface area contributed by atoms with Crippen molar-refractivity contribution in [1.29, 1.82) is 0 Å². The van der Waals surface area contributed by atoms with Crippen molar-refractivity contribution in [3.63, 3.8) is 0 Å². The lowest BCUT2D eigenvalue weighted by Crippen LogP contribution is -2.38. The molecular formula is C11H17N3OS. The second kappa shape index (κ2) is 4.93. The van der Waals surface area contributed by atoms with Crippen molar-refractivity contribution in [2.24, 2.45) is 11.7 Å². The van der Waals surface area contributed by atoms with Crippen molar-refractivity contribution in [2.75, 3.05) is 0 Å². The van der Waals surface area contributed by atoms with E-state index >= 15 is 0 Å². The van der Waals surface area contributed by atoms with Crippen LogP contribution in [-0.4, -0.2) is 16.9 Å². The number of carbonyl (C=O) groups excluding carboxylic acids is 1. The van der Waals surface area contributed by atoms with E-state index < -0.39 is 0 Å². The minimum Gasteiger partial charge on any atom is -0.369 e. The monoisotopic (exact) mass is 239 g/mol. The number of primary amides is 1. The number of carbonyl (C=O) groups is 1. The van der Waals surface area contributed by atoms with Crippen molar-refractivity contribution in [3.8, 4) is 0 Å². The quantitative estimate of drug-likeness (QED) is 0.829. The predicted molar refractivity (Wildman–Crippen MR) is 64.0 cm³/mol. The number of aryl methyl sites for hydroxylation is 1. The van der Waals surface area contributed by atoms with Gasteiger partial charge in [-0.3, -0.25) is 4.79 Å². The molecule has 1 aliphatic rings. The van der Waals surface area contributed by atoms with E-state index in [-0.39, 0.29) is 17.9 Å². The molecule has 1 aromatic rings. The zero-order valence-electron chi connectivity index (χ0n) is 9.40. The van der Waals surface area contributed by atoms with Crippen LogP contribution in [0.15, 0.2) is 5.38 Å². The zero-order valence-corrected chi connectivity index (χ0v) is 10.2. The lowest BCUT2D eigenvalue weighted by molar-refractivity contribution is -0.122. The summed E-state index contributed by atoms with van der Waals surface area (Å²) in [6, 6.07) is 0.238. The minimum absolute atomic E-state index is 0.000981. The second-order valence-corrected chi connectivity index (χ2v) is 5.25. The van der Waals surface area contributed by atoms with E-state index in [1.807, 2.05) is 12.3 Å². The lowest BCUT2D eigenvalue weighted by Gasteiger charge is -2.17. The molecule has 3 N–H and O–H groups in total. The van der Waals surface area contributed by atoms with Crippen molar-refractivity contribution in [2.45, 2.75) is 38.8 Å². The molecule has 1 aromatic heterocycles. The van der Waals surface area contributed by atoms with Gasteiger partial charge in [0, 0.05) is 23.7 Å². The van der Waals surface area contributed by atoms with Crippen LogP contribution in [0.4, 0.5) is 0 Å². The van der Waals surface area contributed by atoms with Gasteiger partial charge in [0.2, 0.25) is 5.91 Å². The van der Waals surface area contributed by atoms with Gasteiger partial charge in [-0.2, -0.15) is 0 Å². The second-order valence-electron chi connectivity index (χ2n) is 4.31. The van der Waals surface area contributed by atoms with Gasteiger partial charge < -0.3 is 11.1 Å². The fourth-order valence-corrected chi connectivity index (χ4v) is 2.97. The molecule has 2 unspecified atom stereocenters. The smallest absolute Gasteiger partial charge is 0.222 e. The molecule has 0 radical (unpaired) electrons. The highest BCUT2D eigenvalue weighted by molar-refractivity contribution is 7.09. The molecule has 1 fully saturated rings. The maximum atomic E-state index is 11.2. The lowest BCUT2D eigenvalue weighted by atomic mass is 10.0. The van der Waals surface area contributed by atoms with E-state index in [4.69, 9.17) is 5.73 Å². The molecule has 0 bridgehead atoms. The SMILES string of the molecule is Cc1csc(CNC2CCCC2C(N)=O)n1. The maximum absolute atomic E-state index is 11.2. The Morgan fingerprint density at radius 1 is 1.69 bits per heavy atom. The van der Waals surface area contributed by atoms with Gasteiger partial charge in [-0.25, -0.2) is 4.98 Å². The van der Waals surface area contributed by atoms with Crippen LogP contribution >= 0.6 is 11.3 Å². The first-order valence-corrected chi connectivity index (χ1v) is 6.48. The van der Waals surface area contributed by atoms with Gasteiger partial charge in [-0.15, -0.1) is 11.3 Å². The Morgan fingerprint density at radius 2 is 2.50 bits per heavy atom. The van der Waals surface area contributed by atoms with E-state index in [1.165, 1.54) is 0 Å². The molecule has 2 rings (SSSR count). The number of nitrogens with zero attached hydrogens (tertiary/aromatic N) is 1. The summed E-state index contributed by atoms with van der Waals surface area (Å²) in [5, 5.41) is 6.51. The van der Waals surface area contributed by atoms with Gasteiger partial charge in [0.15, 0.2) is 0 Å². The third-order valence-electron chi connectivity index (χ3n) is 3.06. The molecule has 88 valence electrons. The number of thiazole rings is 1. The van der Waals surface area contributed by atoms with Crippen LogP contribution in [0.25, 0.3) is 0 Å². The van der Waals surface area contributed by atoms with E-state index in [2.05, 4.69) is 10.3 Å². The molecule has 1 saturated carbocycles. The predicted octanol–water partition coefficient (Wildman–Crippen LogP) is 1.20. The number of aromatic nitrogens is 1. The average molecular weight is 239 g/mol. The van der Waals surface area contributed by atoms with Crippen LogP contribution in [0.5, 0.6) is 0 Å². The fourth-order valence-electron chi connectivity index (χ4n) is 2.25. The minimum atomic E-state index is -0.176. The highest BCUT2D eigenvalue weighted by Crippen LogP contribution is 2.25. The maximum Gasteiger partial charge on any atom is 0.222 e. The molecule has 1 aliphatic carbocycles. The van der Waals surface area contributed by atoms with E-state index in [0.717, 1.165) is 36.5 Å². The topological polar surface area (TPSA) is 68.0 Å². The van der Waals surface area contributed by atoms with Gasteiger partial charge in [0.25, 0.3) is 0 Å². The molecule has 16 heavy (non-hydrogen) atoms. The Kier molecular flexibility index (Phi) is 3.56. The summed E-state index contributed by atoms with van der Waals surface area (Å²) in [7, 11) is 0. The third-order valence-corrected chi connectivity index (χ3v) is 4.03. The van der Waals surface area contributed by atoms with Gasteiger partial charge in [-0.05, 0) is 19.8 Å². The summed E-state index contributed by atoms with van der Waals surface area (Å²) in [5.41, 5.74) is 6.42. The standard InChI is InChI=1S/C11H17N3OS/c1-7-6-16-10(14-7)5-13-9-4-2-3-8(9)11(12)15/h6,8-9,13H,2-5H2,1H3,(H2,12,15). The number of hydrogen-bond donors (Lipinski definition) is 2. The molecule has 5 heteroatoms. The fraction of sp³-hybridized carbons (Fsp3) is 0.636. The molecule has 0 saturated heterocycles. The number of hydrogen-bond acceptors (Lipinski definition) is 4. The first-order chi connectivity index (χ1) is 7.66. The number of nitrogens with two attached hydrogens (primary N) is 1. The Morgan fingerprint density at radius 3 is 3.12 bits per heavy atom.